The fraction of sp³-hybridized carbons (Fsp3) is 0.316. The number of nitrogens with zero attached hydrogens (tertiary/aromatic N) is 1. The highest BCUT2D eigenvalue weighted by molar-refractivity contribution is 6.30. The van der Waals surface area contributed by atoms with E-state index in [0.717, 1.165) is 24.9 Å². The molecule has 0 unspecified atom stereocenters. The first-order valence-electron chi connectivity index (χ1n) is 8.11. The summed E-state index contributed by atoms with van der Waals surface area (Å²) in [6.45, 7) is 1.30. The second-order valence-electron chi connectivity index (χ2n) is 5.89. The molecule has 0 amide bonds. The molecule has 1 fully saturated rings. The third kappa shape index (κ3) is 3.87. The molecule has 0 N–H and O–H groups in total. The van der Waals surface area contributed by atoms with E-state index in [0.29, 0.717) is 29.4 Å². The first-order valence-corrected chi connectivity index (χ1v) is 8.49. The Labute approximate surface area is 151 Å². The molecule has 1 aliphatic rings. The van der Waals surface area contributed by atoms with Gasteiger partial charge in [0.15, 0.2) is 17.9 Å². The molecule has 0 aromatic heterocycles. The number of aldehydes is 1. The minimum absolute atomic E-state index is 0.0664. The van der Waals surface area contributed by atoms with Crippen LogP contribution in [0.4, 0.5) is 10.1 Å². The summed E-state index contributed by atoms with van der Waals surface area (Å²) < 4.78 is 25.2. The van der Waals surface area contributed by atoms with Gasteiger partial charge >= 0.3 is 0 Å². The first-order chi connectivity index (χ1) is 12.1. The van der Waals surface area contributed by atoms with Crippen LogP contribution in [-0.4, -0.2) is 32.6 Å². The molecule has 4 nitrogen and oxygen atoms in total. The van der Waals surface area contributed by atoms with Gasteiger partial charge in [-0.2, -0.15) is 0 Å². The van der Waals surface area contributed by atoms with Crippen LogP contribution in [0, 0.1) is 5.82 Å². The van der Waals surface area contributed by atoms with Crippen molar-refractivity contribution in [2.24, 2.45) is 0 Å². The van der Waals surface area contributed by atoms with Crippen molar-refractivity contribution in [3.8, 4) is 11.5 Å². The van der Waals surface area contributed by atoms with Gasteiger partial charge < -0.3 is 14.4 Å². The van der Waals surface area contributed by atoms with Crippen LogP contribution in [0.3, 0.4) is 0 Å². The lowest BCUT2D eigenvalue weighted by atomic mass is 10.0. The minimum atomic E-state index is -0.470. The standard InChI is InChI=1S/C19H19ClFNO3/c1-24-19-17(21)7-2-13(12-23)18(19)22-10-8-16(9-11-22)25-15-5-3-14(20)4-6-15/h2-7,12,16H,8-11H2,1H3. The van der Waals surface area contributed by atoms with Crippen LogP contribution in [0.1, 0.15) is 23.2 Å². The molecule has 2 aromatic rings. The van der Waals surface area contributed by atoms with Gasteiger partial charge in [0.05, 0.1) is 12.8 Å². The number of carbonyl (C=O) groups is 1. The zero-order valence-electron chi connectivity index (χ0n) is 13.9. The molecule has 6 heteroatoms. The highest BCUT2D eigenvalue weighted by Crippen LogP contribution is 2.36. The van der Waals surface area contributed by atoms with Crippen molar-refractivity contribution in [2.75, 3.05) is 25.1 Å². The van der Waals surface area contributed by atoms with Gasteiger partial charge in [0, 0.05) is 36.5 Å². The van der Waals surface area contributed by atoms with Gasteiger partial charge in [-0.05, 0) is 36.4 Å². The molecule has 1 heterocycles. The number of halogens is 2. The predicted octanol–water partition coefficient (Wildman–Crippen LogP) is 4.35. The largest absolute Gasteiger partial charge is 0.492 e. The van der Waals surface area contributed by atoms with Gasteiger partial charge in [0.25, 0.3) is 0 Å². The van der Waals surface area contributed by atoms with Crippen LogP contribution in [-0.2, 0) is 0 Å². The summed E-state index contributed by atoms with van der Waals surface area (Å²) >= 11 is 5.88. The Bertz CT molecular complexity index is 743. The van der Waals surface area contributed by atoms with Crippen LogP contribution in [0.2, 0.25) is 5.02 Å². The van der Waals surface area contributed by atoms with Crippen LogP contribution < -0.4 is 14.4 Å². The Kier molecular flexibility index (Phi) is 5.43. The van der Waals surface area contributed by atoms with E-state index in [2.05, 4.69) is 0 Å². The van der Waals surface area contributed by atoms with Crippen molar-refractivity contribution >= 4 is 23.6 Å². The molecule has 0 spiro atoms. The van der Waals surface area contributed by atoms with E-state index in [4.69, 9.17) is 21.1 Å². The molecule has 0 bridgehead atoms. The van der Waals surface area contributed by atoms with Crippen molar-refractivity contribution in [1.29, 1.82) is 0 Å². The predicted molar refractivity (Wildman–Crippen MR) is 95.7 cm³/mol. The number of anilines is 1. The van der Waals surface area contributed by atoms with E-state index in [1.807, 2.05) is 17.0 Å². The van der Waals surface area contributed by atoms with Crippen LogP contribution in [0.25, 0.3) is 0 Å². The molecule has 25 heavy (non-hydrogen) atoms. The van der Waals surface area contributed by atoms with Crippen molar-refractivity contribution in [1.82, 2.24) is 0 Å². The Balaban J connectivity index is 1.71. The zero-order valence-corrected chi connectivity index (χ0v) is 14.6. The van der Waals surface area contributed by atoms with Crippen LogP contribution >= 0.6 is 11.6 Å². The highest BCUT2D eigenvalue weighted by atomic mass is 35.5. The zero-order chi connectivity index (χ0) is 17.8. The van der Waals surface area contributed by atoms with E-state index < -0.39 is 5.82 Å². The lowest BCUT2D eigenvalue weighted by Crippen LogP contribution is -2.39. The summed E-state index contributed by atoms with van der Waals surface area (Å²) in [6.07, 6.45) is 2.33. The molecular formula is C19H19ClFNO3. The third-order valence-corrected chi connectivity index (χ3v) is 4.57. The summed E-state index contributed by atoms with van der Waals surface area (Å²) in [4.78, 5) is 13.3. The fourth-order valence-corrected chi connectivity index (χ4v) is 3.21. The van der Waals surface area contributed by atoms with E-state index in [9.17, 15) is 9.18 Å². The Morgan fingerprint density at radius 2 is 1.84 bits per heavy atom. The molecule has 0 radical (unpaired) electrons. The quantitative estimate of drug-likeness (QED) is 0.740. The number of hydrogen-bond donors (Lipinski definition) is 0. The number of ether oxygens (including phenoxy) is 2. The SMILES string of the molecule is COc1c(F)ccc(C=O)c1N1CCC(Oc2ccc(Cl)cc2)CC1. The van der Waals surface area contributed by atoms with Gasteiger partial charge in [0.1, 0.15) is 11.9 Å². The summed E-state index contributed by atoms with van der Waals surface area (Å²) in [5.74, 6) is 0.420. The Morgan fingerprint density at radius 1 is 1.16 bits per heavy atom. The molecule has 0 aliphatic carbocycles. The summed E-state index contributed by atoms with van der Waals surface area (Å²) in [6, 6.07) is 10.0. The van der Waals surface area contributed by atoms with E-state index in [-0.39, 0.29) is 11.9 Å². The smallest absolute Gasteiger partial charge is 0.178 e. The van der Waals surface area contributed by atoms with Gasteiger partial charge in [-0.25, -0.2) is 4.39 Å². The summed E-state index contributed by atoms with van der Waals surface area (Å²) in [5.41, 5.74) is 0.942. The topological polar surface area (TPSA) is 38.8 Å². The first kappa shape index (κ1) is 17.5. The van der Waals surface area contributed by atoms with E-state index in [1.165, 1.54) is 19.2 Å². The average molecular weight is 364 g/mol. The van der Waals surface area contributed by atoms with Crippen molar-refractivity contribution in [3.05, 3.63) is 52.8 Å². The van der Waals surface area contributed by atoms with Gasteiger partial charge in [0.2, 0.25) is 0 Å². The molecular weight excluding hydrogens is 345 g/mol. The lowest BCUT2D eigenvalue weighted by Gasteiger charge is -2.35. The van der Waals surface area contributed by atoms with Crippen molar-refractivity contribution in [3.63, 3.8) is 0 Å². The average Bonchev–Trinajstić information content (AvgIpc) is 2.64. The Hall–Kier alpha value is -2.27. The number of piperidine rings is 1. The number of hydrogen-bond acceptors (Lipinski definition) is 4. The Morgan fingerprint density at radius 3 is 2.44 bits per heavy atom. The molecule has 2 aromatic carbocycles. The highest BCUT2D eigenvalue weighted by Gasteiger charge is 2.26. The van der Waals surface area contributed by atoms with Crippen molar-refractivity contribution < 1.29 is 18.7 Å². The molecule has 132 valence electrons. The number of methoxy groups -OCH3 is 1. The van der Waals surface area contributed by atoms with Gasteiger partial charge in [-0.1, -0.05) is 11.6 Å². The molecule has 3 rings (SSSR count). The summed E-state index contributed by atoms with van der Waals surface area (Å²) in [7, 11) is 1.41. The maximum atomic E-state index is 14.0. The molecule has 1 aliphatic heterocycles. The number of benzene rings is 2. The van der Waals surface area contributed by atoms with Crippen LogP contribution in [0.15, 0.2) is 36.4 Å². The third-order valence-electron chi connectivity index (χ3n) is 4.32. The minimum Gasteiger partial charge on any atom is -0.492 e. The molecule has 1 saturated heterocycles. The second kappa shape index (κ2) is 7.74. The summed E-state index contributed by atoms with van der Waals surface area (Å²) in [5, 5.41) is 0.668. The van der Waals surface area contributed by atoms with Gasteiger partial charge in [-0.15, -0.1) is 0 Å². The maximum Gasteiger partial charge on any atom is 0.178 e. The van der Waals surface area contributed by atoms with Crippen LogP contribution in [0.5, 0.6) is 11.5 Å². The maximum absolute atomic E-state index is 14.0. The lowest BCUT2D eigenvalue weighted by molar-refractivity contribution is 0.112. The van der Waals surface area contributed by atoms with Gasteiger partial charge in [-0.3, -0.25) is 4.79 Å². The van der Waals surface area contributed by atoms with Crippen molar-refractivity contribution in [2.45, 2.75) is 18.9 Å². The van der Waals surface area contributed by atoms with E-state index >= 15 is 0 Å². The van der Waals surface area contributed by atoms with E-state index in [1.54, 1.807) is 12.1 Å². The second-order valence-corrected chi connectivity index (χ2v) is 6.33. The number of carbonyl (C=O) groups excluding carboxylic acids is 1. The monoisotopic (exact) mass is 363 g/mol. The molecule has 0 atom stereocenters. The molecule has 0 saturated carbocycles. The number of rotatable bonds is 5. The normalized spacial score (nSPS) is 15.1. The fourth-order valence-electron chi connectivity index (χ4n) is 3.08.